The summed E-state index contributed by atoms with van der Waals surface area (Å²) in [5.41, 5.74) is 0.779. The van der Waals surface area contributed by atoms with Crippen molar-refractivity contribution in [1.82, 2.24) is 5.32 Å². The van der Waals surface area contributed by atoms with Gasteiger partial charge in [0.1, 0.15) is 12.0 Å². The lowest BCUT2D eigenvalue weighted by Crippen LogP contribution is -2.41. The Morgan fingerprint density at radius 2 is 2.12 bits per heavy atom. The number of hydrogen-bond acceptors (Lipinski definition) is 3. The number of carbonyl (C=O) groups is 2. The molecule has 0 unspecified atom stereocenters. The van der Waals surface area contributed by atoms with Gasteiger partial charge in [-0.25, -0.2) is 8.78 Å². The highest BCUT2D eigenvalue weighted by Crippen LogP contribution is 2.48. The number of aliphatic carboxylic acids is 1. The van der Waals surface area contributed by atoms with Crippen LogP contribution in [0.3, 0.4) is 0 Å². The molecule has 3 rings (SSSR count). The summed E-state index contributed by atoms with van der Waals surface area (Å²) >= 11 is 0. The smallest absolute Gasteiger partial charge is 0.306 e. The van der Waals surface area contributed by atoms with Gasteiger partial charge in [0.2, 0.25) is 5.91 Å². The van der Waals surface area contributed by atoms with Crippen molar-refractivity contribution in [3.63, 3.8) is 0 Å². The number of alkyl halides is 1. The van der Waals surface area contributed by atoms with Gasteiger partial charge in [-0.2, -0.15) is 0 Å². The van der Waals surface area contributed by atoms with Gasteiger partial charge < -0.3 is 15.3 Å². The maximum Gasteiger partial charge on any atom is 0.306 e. The maximum absolute atomic E-state index is 15.0. The fourth-order valence-corrected chi connectivity index (χ4v) is 3.60. The van der Waals surface area contributed by atoms with Crippen LogP contribution in [0.5, 0.6) is 0 Å². The molecule has 7 heteroatoms. The van der Waals surface area contributed by atoms with E-state index in [0.29, 0.717) is 23.4 Å². The van der Waals surface area contributed by atoms with Gasteiger partial charge in [-0.15, -0.1) is 0 Å². The summed E-state index contributed by atoms with van der Waals surface area (Å²) in [6.45, 7) is 3.93. The number of fused-ring (bicyclic) bond motifs is 1. The molecule has 1 aliphatic heterocycles. The van der Waals surface area contributed by atoms with E-state index >= 15 is 4.39 Å². The van der Waals surface area contributed by atoms with E-state index in [4.69, 9.17) is 5.11 Å². The summed E-state index contributed by atoms with van der Waals surface area (Å²) < 4.78 is 28.4. The van der Waals surface area contributed by atoms with Crippen molar-refractivity contribution in [3.05, 3.63) is 29.1 Å². The maximum atomic E-state index is 15.0. The Morgan fingerprint density at radius 1 is 1.42 bits per heavy atom. The van der Waals surface area contributed by atoms with Gasteiger partial charge in [0.25, 0.3) is 0 Å². The standard InChI is InChI=1S/C19H24F2N2O3/c1-19(2)16-14(6-5-13(17(16)21)11-3-4-11)23(18(19)26)8-7-22-10-12(20)9-15(24)25/h5-6,11-12,22H,3-4,7-10H2,1-2H3,(H,24,25)/t12-/m0/s1. The second-order valence-corrected chi connectivity index (χ2v) is 7.62. The Hall–Kier alpha value is -2.02. The SMILES string of the molecule is CC1(C)C(=O)N(CCNC[C@@H](F)CC(=O)O)c2ccc(C3CC3)c(F)c21. The number of benzene rings is 1. The molecule has 0 bridgehead atoms. The Bertz CT molecular complexity index is 732. The predicted molar refractivity (Wildman–Crippen MR) is 93.8 cm³/mol. The lowest BCUT2D eigenvalue weighted by molar-refractivity contribution is -0.138. The van der Waals surface area contributed by atoms with Crippen molar-refractivity contribution in [1.29, 1.82) is 0 Å². The zero-order chi connectivity index (χ0) is 19.1. The zero-order valence-corrected chi connectivity index (χ0v) is 15.0. The van der Waals surface area contributed by atoms with Crippen LogP contribution in [0.4, 0.5) is 14.5 Å². The van der Waals surface area contributed by atoms with E-state index in [1.807, 2.05) is 0 Å². The third-order valence-electron chi connectivity index (χ3n) is 5.14. The third kappa shape index (κ3) is 3.45. The number of anilines is 1. The van der Waals surface area contributed by atoms with Crippen LogP contribution in [-0.2, 0) is 15.0 Å². The highest BCUT2D eigenvalue weighted by atomic mass is 19.1. The average molecular weight is 366 g/mol. The highest BCUT2D eigenvalue weighted by molar-refractivity contribution is 6.07. The summed E-state index contributed by atoms with van der Waals surface area (Å²) in [6, 6.07) is 3.58. The Labute approximate surface area is 151 Å². The molecular formula is C19H24F2N2O3. The van der Waals surface area contributed by atoms with Crippen LogP contribution in [-0.4, -0.2) is 42.8 Å². The number of carboxylic acid groups (broad SMARTS) is 1. The Morgan fingerprint density at radius 3 is 2.73 bits per heavy atom. The van der Waals surface area contributed by atoms with Crippen LogP contribution in [0.25, 0.3) is 0 Å². The van der Waals surface area contributed by atoms with E-state index in [0.717, 1.165) is 12.8 Å². The fourth-order valence-electron chi connectivity index (χ4n) is 3.60. The van der Waals surface area contributed by atoms with Crippen LogP contribution < -0.4 is 10.2 Å². The topological polar surface area (TPSA) is 69.6 Å². The van der Waals surface area contributed by atoms with E-state index in [1.54, 1.807) is 26.0 Å². The zero-order valence-electron chi connectivity index (χ0n) is 15.0. The predicted octanol–water partition coefficient (Wildman–Crippen LogP) is 2.73. The number of carbonyl (C=O) groups excluding carboxylic acids is 1. The average Bonchev–Trinajstić information content (AvgIpc) is 3.35. The molecule has 1 fully saturated rings. The van der Waals surface area contributed by atoms with Crippen LogP contribution >= 0.6 is 0 Å². The normalized spacial score (nSPS) is 19.5. The van der Waals surface area contributed by atoms with Gasteiger partial charge in [0.15, 0.2) is 0 Å². The van der Waals surface area contributed by atoms with E-state index in [2.05, 4.69) is 5.32 Å². The number of nitrogens with one attached hydrogen (secondary N) is 1. The minimum absolute atomic E-state index is 0.0977. The molecule has 2 aliphatic rings. The van der Waals surface area contributed by atoms with Crippen molar-refractivity contribution in [2.75, 3.05) is 24.5 Å². The molecule has 142 valence electrons. The summed E-state index contributed by atoms with van der Waals surface area (Å²) in [5, 5.41) is 11.4. The van der Waals surface area contributed by atoms with E-state index in [1.165, 1.54) is 4.90 Å². The molecule has 5 nitrogen and oxygen atoms in total. The molecule has 1 atom stereocenters. The van der Waals surface area contributed by atoms with Crippen LogP contribution in [0.15, 0.2) is 12.1 Å². The first-order chi connectivity index (χ1) is 12.2. The number of rotatable bonds is 8. The minimum atomic E-state index is -1.48. The Kier molecular flexibility index (Phi) is 5.01. The molecular weight excluding hydrogens is 342 g/mol. The monoisotopic (exact) mass is 366 g/mol. The summed E-state index contributed by atoms with van der Waals surface area (Å²) in [6.07, 6.45) is -0.0681. The first-order valence-corrected chi connectivity index (χ1v) is 8.95. The number of halogens is 2. The third-order valence-corrected chi connectivity index (χ3v) is 5.14. The van der Waals surface area contributed by atoms with E-state index in [9.17, 15) is 14.0 Å². The lowest BCUT2D eigenvalue weighted by atomic mass is 9.84. The van der Waals surface area contributed by atoms with Crippen molar-refractivity contribution < 1.29 is 23.5 Å². The van der Waals surface area contributed by atoms with Crippen LogP contribution in [0.1, 0.15) is 50.2 Å². The van der Waals surface area contributed by atoms with Gasteiger partial charge in [0, 0.05) is 25.2 Å². The first-order valence-electron chi connectivity index (χ1n) is 8.95. The van der Waals surface area contributed by atoms with Crippen LogP contribution in [0, 0.1) is 5.82 Å². The molecule has 0 radical (unpaired) electrons. The summed E-state index contributed by atoms with van der Waals surface area (Å²) in [4.78, 5) is 24.8. The quantitative estimate of drug-likeness (QED) is 0.694. The second-order valence-electron chi connectivity index (χ2n) is 7.62. The second kappa shape index (κ2) is 6.95. The molecule has 26 heavy (non-hydrogen) atoms. The number of amides is 1. The molecule has 0 saturated heterocycles. The molecule has 1 amide bonds. The molecule has 0 spiro atoms. The lowest BCUT2D eigenvalue weighted by Gasteiger charge is -2.20. The molecule has 1 heterocycles. The van der Waals surface area contributed by atoms with Gasteiger partial charge >= 0.3 is 5.97 Å². The van der Waals surface area contributed by atoms with Crippen molar-refractivity contribution in [2.24, 2.45) is 0 Å². The molecule has 1 saturated carbocycles. The highest BCUT2D eigenvalue weighted by Gasteiger charge is 2.47. The molecule has 2 N–H and O–H groups in total. The van der Waals surface area contributed by atoms with E-state index in [-0.39, 0.29) is 30.7 Å². The van der Waals surface area contributed by atoms with Gasteiger partial charge in [0.05, 0.1) is 17.5 Å². The number of nitrogens with zero attached hydrogens (tertiary/aromatic N) is 1. The number of hydrogen-bond donors (Lipinski definition) is 2. The molecule has 1 aromatic rings. The first kappa shape index (κ1) is 18.8. The number of carboxylic acids is 1. The van der Waals surface area contributed by atoms with Gasteiger partial charge in [-0.3, -0.25) is 9.59 Å². The van der Waals surface area contributed by atoms with Crippen LogP contribution in [0.2, 0.25) is 0 Å². The fraction of sp³-hybridized carbons (Fsp3) is 0.579. The van der Waals surface area contributed by atoms with Crippen molar-refractivity contribution in [3.8, 4) is 0 Å². The Balaban J connectivity index is 1.69. The van der Waals surface area contributed by atoms with Gasteiger partial charge in [-0.05, 0) is 44.2 Å². The van der Waals surface area contributed by atoms with Crippen molar-refractivity contribution >= 4 is 17.6 Å². The summed E-state index contributed by atoms with van der Waals surface area (Å²) in [5.74, 6) is -1.38. The molecule has 1 aliphatic carbocycles. The summed E-state index contributed by atoms with van der Waals surface area (Å²) in [7, 11) is 0. The molecule has 0 aromatic heterocycles. The van der Waals surface area contributed by atoms with Gasteiger partial charge in [-0.1, -0.05) is 6.07 Å². The largest absolute Gasteiger partial charge is 0.481 e. The minimum Gasteiger partial charge on any atom is -0.481 e. The molecule has 1 aromatic carbocycles. The van der Waals surface area contributed by atoms with E-state index < -0.39 is 24.0 Å². The van der Waals surface area contributed by atoms with Crippen molar-refractivity contribution in [2.45, 2.75) is 50.6 Å².